The van der Waals surface area contributed by atoms with E-state index in [1.54, 1.807) is 0 Å². The number of fused-ring (bicyclic) bond motifs is 1. The Hall–Kier alpha value is -1.35. The van der Waals surface area contributed by atoms with Gasteiger partial charge in [0.25, 0.3) is 0 Å². The SMILES string of the molecule is Cc1cc2c(c(C)c1CCOC1OC(CO)C(O)C(O)C1O)C(=O)C(C)C2. The number of Topliss-reactive ketones (excluding diaryl/α,β-unsaturated/α-hetero) is 1. The number of hydrogen-bond donors (Lipinski definition) is 4. The molecule has 0 radical (unpaired) electrons. The summed E-state index contributed by atoms with van der Waals surface area (Å²) in [6.07, 6.45) is -5.11. The van der Waals surface area contributed by atoms with E-state index in [-0.39, 0.29) is 18.3 Å². The summed E-state index contributed by atoms with van der Waals surface area (Å²) in [5.41, 5.74) is 5.00. The minimum atomic E-state index is -1.46. The Morgan fingerprint density at radius 3 is 2.56 bits per heavy atom. The van der Waals surface area contributed by atoms with E-state index < -0.39 is 37.3 Å². The van der Waals surface area contributed by atoms with Crippen molar-refractivity contribution >= 4 is 5.78 Å². The van der Waals surface area contributed by atoms with Gasteiger partial charge in [-0.1, -0.05) is 13.0 Å². The van der Waals surface area contributed by atoms with Crippen LogP contribution in [-0.4, -0.2) is 70.1 Å². The number of aliphatic hydroxyl groups excluding tert-OH is 4. The Morgan fingerprint density at radius 1 is 1.19 bits per heavy atom. The molecule has 1 fully saturated rings. The third-order valence-electron chi connectivity index (χ3n) is 5.72. The van der Waals surface area contributed by atoms with Gasteiger partial charge in [0.05, 0.1) is 13.2 Å². The molecule has 3 rings (SSSR count). The lowest BCUT2D eigenvalue weighted by molar-refractivity contribution is -0.300. The van der Waals surface area contributed by atoms with Crippen LogP contribution in [0.2, 0.25) is 0 Å². The molecule has 1 heterocycles. The molecule has 1 aromatic carbocycles. The van der Waals surface area contributed by atoms with Crippen LogP contribution >= 0.6 is 0 Å². The molecule has 0 saturated carbocycles. The molecule has 7 nitrogen and oxygen atoms in total. The average molecular weight is 380 g/mol. The van der Waals surface area contributed by atoms with Crippen LogP contribution in [0.15, 0.2) is 6.07 Å². The van der Waals surface area contributed by atoms with Crippen molar-refractivity contribution in [3.8, 4) is 0 Å². The molecule has 0 bridgehead atoms. The molecule has 0 aromatic heterocycles. The topological polar surface area (TPSA) is 116 Å². The second-order valence-corrected chi connectivity index (χ2v) is 7.62. The summed E-state index contributed by atoms with van der Waals surface area (Å²) >= 11 is 0. The summed E-state index contributed by atoms with van der Waals surface area (Å²) in [5, 5.41) is 38.9. The molecule has 2 aliphatic rings. The highest BCUT2D eigenvalue weighted by atomic mass is 16.7. The normalized spacial score (nSPS) is 33.4. The first-order valence-corrected chi connectivity index (χ1v) is 9.34. The van der Waals surface area contributed by atoms with Crippen molar-refractivity contribution in [2.45, 2.75) is 64.3 Å². The van der Waals surface area contributed by atoms with Gasteiger partial charge in [-0.05, 0) is 48.9 Å². The Balaban J connectivity index is 1.69. The van der Waals surface area contributed by atoms with Crippen LogP contribution in [0.1, 0.15) is 39.5 Å². The van der Waals surface area contributed by atoms with Gasteiger partial charge in [-0.25, -0.2) is 0 Å². The van der Waals surface area contributed by atoms with Gasteiger partial charge in [-0.3, -0.25) is 4.79 Å². The van der Waals surface area contributed by atoms with Gasteiger partial charge in [0.1, 0.15) is 24.4 Å². The van der Waals surface area contributed by atoms with Crippen molar-refractivity contribution in [3.63, 3.8) is 0 Å². The van der Waals surface area contributed by atoms with Gasteiger partial charge in [0.15, 0.2) is 12.1 Å². The molecule has 1 saturated heterocycles. The number of aryl methyl sites for hydroxylation is 1. The Labute approximate surface area is 158 Å². The van der Waals surface area contributed by atoms with E-state index in [1.165, 1.54) is 0 Å². The number of carbonyl (C=O) groups excluding carboxylic acids is 1. The second kappa shape index (κ2) is 7.95. The summed E-state index contributed by atoms with van der Waals surface area (Å²) in [6.45, 7) is 5.61. The Bertz CT molecular complexity index is 715. The second-order valence-electron chi connectivity index (χ2n) is 7.62. The molecule has 6 atom stereocenters. The van der Waals surface area contributed by atoms with E-state index in [0.717, 1.165) is 34.2 Å². The van der Waals surface area contributed by atoms with Crippen molar-refractivity contribution in [3.05, 3.63) is 33.9 Å². The number of hydrogen-bond acceptors (Lipinski definition) is 7. The largest absolute Gasteiger partial charge is 0.394 e. The zero-order chi connectivity index (χ0) is 19.9. The van der Waals surface area contributed by atoms with E-state index in [2.05, 4.69) is 6.07 Å². The third kappa shape index (κ3) is 3.68. The number of aliphatic hydroxyl groups is 4. The van der Waals surface area contributed by atoms with Gasteiger partial charge in [-0.2, -0.15) is 0 Å². The van der Waals surface area contributed by atoms with Gasteiger partial charge < -0.3 is 29.9 Å². The van der Waals surface area contributed by atoms with Crippen molar-refractivity contribution < 1.29 is 34.7 Å². The smallest absolute Gasteiger partial charge is 0.186 e. The highest BCUT2D eigenvalue weighted by Gasteiger charge is 2.44. The van der Waals surface area contributed by atoms with Crippen molar-refractivity contribution in [1.29, 1.82) is 0 Å². The molecule has 1 aliphatic heterocycles. The Kier molecular flexibility index (Phi) is 6.00. The fourth-order valence-corrected chi connectivity index (χ4v) is 4.15. The number of benzene rings is 1. The summed E-state index contributed by atoms with van der Waals surface area (Å²) in [5.74, 6) is 0.192. The van der Waals surface area contributed by atoms with E-state index in [4.69, 9.17) is 9.47 Å². The molecule has 0 spiro atoms. The predicted molar refractivity (Wildman–Crippen MR) is 96.5 cm³/mol. The quantitative estimate of drug-likeness (QED) is 0.570. The molecular weight excluding hydrogens is 352 g/mol. The predicted octanol–water partition coefficient (Wildman–Crippen LogP) is 0.0373. The summed E-state index contributed by atoms with van der Waals surface area (Å²) in [7, 11) is 0. The maximum Gasteiger partial charge on any atom is 0.186 e. The number of rotatable bonds is 5. The first-order valence-electron chi connectivity index (χ1n) is 9.34. The lowest BCUT2D eigenvalue weighted by Crippen LogP contribution is -2.59. The fraction of sp³-hybridized carbons (Fsp3) is 0.650. The summed E-state index contributed by atoms with van der Waals surface area (Å²) < 4.78 is 10.9. The fourth-order valence-electron chi connectivity index (χ4n) is 4.15. The maximum absolute atomic E-state index is 12.4. The first-order chi connectivity index (χ1) is 12.8. The van der Waals surface area contributed by atoms with Crippen LogP contribution < -0.4 is 0 Å². The van der Waals surface area contributed by atoms with E-state index >= 15 is 0 Å². The molecular formula is C20H28O7. The summed E-state index contributed by atoms with van der Waals surface area (Å²) in [6, 6.07) is 2.06. The molecule has 150 valence electrons. The lowest BCUT2D eigenvalue weighted by Gasteiger charge is -2.39. The number of carbonyl (C=O) groups is 1. The van der Waals surface area contributed by atoms with Crippen molar-refractivity contribution in [2.24, 2.45) is 5.92 Å². The van der Waals surface area contributed by atoms with Crippen LogP contribution in [0.5, 0.6) is 0 Å². The van der Waals surface area contributed by atoms with E-state index in [1.807, 2.05) is 20.8 Å². The van der Waals surface area contributed by atoms with Gasteiger partial charge in [-0.15, -0.1) is 0 Å². The molecule has 1 aromatic rings. The van der Waals surface area contributed by atoms with E-state index in [9.17, 15) is 25.2 Å². The molecule has 0 amide bonds. The zero-order valence-electron chi connectivity index (χ0n) is 15.9. The van der Waals surface area contributed by atoms with Crippen LogP contribution in [0, 0.1) is 19.8 Å². The highest BCUT2D eigenvalue weighted by Crippen LogP contribution is 2.33. The minimum absolute atomic E-state index is 0.0127. The third-order valence-corrected chi connectivity index (χ3v) is 5.72. The zero-order valence-corrected chi connectivity index (χ0v) is 15.9. The first kappa shape index (κ1) is 20.4. The van der Waals surface area contributed by atoms with Crippen molar-refractivity contribution in [2.75, 3.05) is 13.2 Å². The van der Waals surface area contributed by atoms with Gasteiger partial charge in [0, 0.05) is 11.5 Å². The van der Waals surface area contributed by atoms with E-state index in [0.29, 0.717) is 6.42 Å². The van der Waals surface area contributed by atoms with Gasteiger partial charge >= 0.3 is 0 Å². The highest BCUT2D eigenvalue weighted by molar-refractivity contribution is 6.03. The Morgan fingerprint density at radius 2 is 1.89 bits per heavy atom. The lowest BCUT2D eigenvalue weighted by atomic mass is 9.92. The maximum atomic E-state index is 12.4. The molecule has 1 aliphatic carbocycles. The molecule has 6 unspecified atom stereocenters. The minimum Gasteiger partial charge on any atom is -0.394 e. The number of ketones is 1. The number of ether oxygens (including phenoxy) is 2. The van der Waals surface area contributed by atoms with Crippen LogP contribution in [-0.2, 0) is 22.3 Å². The molecule has 27 heavy (non-hydrogen) atoms. The van der Waals surface area contributed by atoms with Crippen molar-refractivity contribution in [1.82, 2.24) is 0 Å². The molecule has 7 heteroatoms. The van der Waals surface area contributed by atoms with Crippen LogP contribution in [0.3, 0.4) is 0 Å². The van der Waals surface area contributed by atoms with Gasteiger partial charge in [0.2, 0.25) is 0 Å². The summed E-state index contributed by atoms with van der Waals surface area (Å²) in [4.78, 5) is 12.4. The van der Waals surface area contributed by atoms with Crippen LogP contribution in [0.25, 0.3) is 0 Å². The average Bonchev–Trinajstić information content (AvgIpc) is 2.91. The monoisotopic (exact) mass is 380 g/mol. The van der Waals surface area contributed by atoms with Crippen LogP contribution in [0.4, 0.5) is 0 Å². The standard InChI is InChI=1S/C20H28O7/c1-9-6-12-7-10(2)16(22)15(12)11(3)13(9)4-5-26-20-19(25)18(24)17(23)14(8-21)27-20/h6,10,14,17-21,23-25H,4-5,7-8H2,1-3H3. The molecule has 4 N–H and O–H groups in total.